The summed E-state index contributed by atoms with van der Waals surface area (Å²) in [6.45, 7) is -3.74. The molecule has 2 aromatic heterocycles. The van der Waals surface area contributed by atoms with Crippen LogP contribution in [0.5, 0.6) is 11.8 Å². The van der Waals surface area contributed by atoms with Crippen molar-refractivity contribution < 1.29 is 49.7 Å². The van der Waals surface area contributed by atoms with E-state index in [-0.39, 0.29) is 30.4 Å². The Bertz CT molecular complexity index is 1370. The van der Waals surface area contributed by atoms with E-state index in [4.69, 9.17) is 0 Å². The van der Waals surface area contributed by atoms with E-state index < -0.39 is 51.7 Å². The Morgan fingerprint density at radius 1 is 1.17 bits per heavy atom. The van der Waals surface area contributed by atoms with Gasteiger partial charge in [0.25, 0.3) is 0 Å². The number of rotatable bonds is 7. The third-order valence-electron chi connectivity index (χ3n) is 4.86. The quantitative estimate of drug-likeness (QED) is 0.434. The van der Waals surface area contributed by atoms with Crippen LogP contribution in [-0.4, -0.2) is 77.4 Å². The van der Waals surface area contributed by atoms with Crippen molar-refractivity contribution in [1.82, 2.24) is 19.3 Å². The Balaban J connectivity index is 1.55. The molecule has 1 saturated heterocycles. The normalized spacial score (nSPS) is 17.5. The van der Waals surface area contributed by atoms with E-state index in [1.165, 1.54) is 11.1 Å². The number of benzene rings is 1. The largest absolute Gasteiger partial charge is 0.573 e. The molecule has 3 heterocycles. The first kappa shape index (κ1) is 25.7. The Kier molecular flexibility index (Phi) is 6.84. The lowest BCUT2D eigenvalue weighted by Gasteiger charge is -2.38. The number of carboxylic acids is 1. The van der Waals surface area contributed by atoms with Gasteiger partial charge in [0.1, 0.15) is 11.8 Å². The maximum Gasteiger partial charge on any atom is 0.573 e. The summed E-state index contributed by atoms with van der Waals surface area (Å²) in [5.74, 6) is -2.10. The molecular weight excluding hydrogens is 541 g/mol. The van der Waals surface area contributed by atoms with Crippen molar-refractivity contribution >= 4 is 42.8 Å². The molecule has 0 spiro atoms. The lowest BCUT2D eigenvalue weighted by atomic mass is 10.2. The van der Waals surface area contributed by atoms with Gasteiger partial charge in [-0.15, -0.1) is 13.2 Å². The first-order valence-corrected chi connectivity index (χ1v) is 12.0. The lowest BCUT2D eigenvalue weighted by molar-refractivity contribution is -0.274. The molecule has 0 saturated carbocycles. The topological polar surface area (TPSA) is 135 Å². The Labute approximate surface area is 202 Å². The first-order chi connectivity index (χ1) is 16.8. The number of fused-ring (bicyclic) bond motifs is 1. The van der Waals surface area contributed by atoms with E-state index in [0.29, 0.717) is 4.70 Å². The lowest BCUT2D eigenvalue weighted by Crippen LogP contribution is -2.58. The summed E-state index contributed by atoms with van der Waals surface area (Å²) >= 11 is 1.04. The Morgan fingerprint density at radius 2 is 1.86 bits per heavy atom. The third kappa shape index (κ3) is 5.54. The predicted molar refractivity (Wildman–Crippen MR) is 112 cm³/mol. The standard InChI is InChI=1S/C18H14F5N5O6S2/c19-15(20)33-16-24-7-12-13(25-16)26-17(35-12)27-5-6-28(11(8-27)14(29)30)36(31,32)10-3-1-9(2-4-10)34-18(21,22)23/h1-4,7,11,15H,5-6,8H2,(H,29,30)/t11-/m1/s1. The van der Waals surface area contributed by atoms with E-state index >= 15 is 0 Å². The average Bonchev–Trinajstić information content (AvgIpc) is 3.21. The summed E-state index contributed by atoms with van der Waals surface area (Å²) in [6.07, 6.45) is -3.75. The smallest absolute Gasteiger partial charge is 0.480 e. The van der Waals surface area contributed by atoms with Crippen molar-refractivity contribution in [3.05, 3.63) is 30.5 Å². The molecule has 0 radical (unpaired) electrons. The predicted octanol–water partition coefficient (Wildman–Crippen LogP) is 2.55. The molecule has 11 nitrogen and oxygen atoms in total. The highest BCUT2D eigenvalue weighted by Gasteiger charge is 2.41. The van der Waals surface area contributed by atoms with Crippen molar-refractivity contribution in [2.45, 2.75) is 23.9 Å². The molecular formula is C18H14F5N5O6S2. The molecule has 0 unspecified atom stereocenters. The van der Waals surface area contributed by atoms with Crippen LogP contribution in [0.25, 0.3) is 10.3 Å². The summed E-state index contributed by atoms with van der Waals surface area (Å²) in [4.78, 5) is 24.6. The Morgan fingerprint density at radius 3 is 2.47 bits per heavy atom. The van der Waals surface area contributed by atoms with E-state index in [1.807, 2.05) is 0 Å². The fraction of sp³-hybridized carbons (Fsp3) is 0.333. The highest BCUT2D eigenvalue weighted by Crippen LogP contribution is 2.32. The van der Waals surface area contributed by atoms with Gasteiger partial charge in [0.15, 0.2) is 10.8 Å². The van der Waals surface area contributed by atoms with Gasteiger partial charge in [0.2, 0.25) is 10.0 Å². The van der Waals surface area contributed by atoms with Crippen molar-refractivity contribution in [3.63, 3.8) is 0 Å². The molecule has 1 aliphatic rings. The highest BCUT2D eigenvalue weighted by atomic mass is 32.2. The minimum atomic E-state index is -4.96. The van der Waals surface area contributed by atoms with Gasteiger partial charge >= 0.3 is 25.0 Å². The van der Waals surface area contributed by atoms with Crippen LogP contribution >= 0.6 is 11.3 Å². The first-order valence-electron chi connectivity index (χ1n) is 9.77. The summed E-state index contributed by atoms with van der Waals surface area (Å²) in [5, 5.41) is 9.97. The molecule has 194 valence electrons. The van der Waals surface area contributed by atoms with Crippen LogP contribution in [0.2, 0.25) is 0 Å². The molecule has 4 rings (SSSR count). The minimum absolute atomic E-state index is 0.00587. The van der Waals surface area contributed by atoms with Crippen molar-refractivity contribution in [3.8, 4) is 11.8 Å². The van der Waals surface area contributed by atoms with Crippen LogP contribution in [-0.2, 0) is 14.8 Å². The van der Waals surface area contributed by atoms with Gasteiger partial charge in [-0.25, -0.2) is 13.4 Å². The van der Waals surface area contributed by atoms with Crippen LogP contribution < -0.4 is 14.4 Å². The van der Waals surface area contributed by atoms with E-state index in [9.17, 15) is 40.3 Å². The molecule has 1 atom stereocenters. The zero-order valence-electron chi connectivity index (χ0n) is 17.6. The highest BCUT2D eigenvalue weighted by molar-refractivity contribution is 7.89. The van der Waals surface area contributed by atoms with Gasteiger partial charge in [-0.1, -0.05) is 11.3 Å². The molecule has 36 heavy (non-hydrogen) atoms. The van der Waals surface area contributed by atoms with E-state index in [1.54, 1.807) is 0 Å². The zero-order chi connectivity index (χ0) is 26.3. The van der Waals surface area contributed by atoms with Gasteiger partial charge in [-0.3, -0.25) is 4.79 Å². The number of anilines is 1. The fourth-order valence-electron chi connectivity index (χ4n) is 3.36. The summed E-state index contributed by atoms with van der Waals surface area (Å²) in [7, 11) is -4.40. The number of aliphatic carboxylic acids is 1. The van der Waals surface area contributed by atoms with E-state index in [0.717, 1.165) is 39.9 Å². The Hall–Kier alpha value is -3.38. The number of carbonyl (C=O) groups is 1. The van der Waals surface area contributed by atoms with Gasteiger partial charge in [0, 0.05) is 19.6 Å². The molecule has 0 aliphatic carbocycles. The molecule has 1 aliphatic heterocycles. The second kappa shape index (κ2) is 9.58. The van der Waals surface area contributed by atoms with Crippen LogP contribution in [0.4, 0.5) is 27.1 Å². The van der Waals surface area contributed by atoms with Crippen LogP contribution in [0.1, 0.15) is 0 Å². The van der Waals surface area contributed by atoms with Gasteiger partial charge in [-0.05, 0) is 24.3 Å². The number of sulfonamides is 1. The number of aromatic nitrogens is 3. The number of piperazine rings is 1. The molecule has 18 heteroatoms. The SMILES string of the molecule is O=C(O)[C@H]1CN(c2nc3nc(OC(F)F)ncc3s2)CCN1S(=O)(=O)c1ccc(OC(F)(F)F)cc1. The second-order valence-electron chi connectivity index (χ2n) is 7.15. The van der Waals surface area contributed by atoms with Crippen LogP contribution in [0.3, 0.4) is 0 Å². The van der Waals surface area contributed by atoms with Crippen LogP contribution in [0.15, 0.2) is 35.4 Å². The number of hydrogen-bond acceptors (Lipinski definition) is 10. The van der Waals surface area contributed by atoms with Crippen molar-refractivity contribution in [2.75, 3.05) is 24.5 Å². The monoisotopic (exact) mass is 555 g/mol. The third-order valence-corrected chi connectivity index (χ3v) is 7.82. The number of alkyl halides is 5. The number of carboxylic acid groups (broad SMARTS) is 1. The summed E-state index contributed by atoms with van der Waals surface area (Å²) < 4.78 is 97.0. The van der Waals surface area contributed by atoms with Gasteiger partial charge in [0.05, 0.1) is 15.8 Å². The molecule has 1 fully saturated rings. The summed E-state index contributed by atoms with van der Waals surface area (Å²) in [5.41, 5.74) is 0.0312. The molecule has 1 aromatic carbocycles. The number of thiazole rings is 1. The maximum absolute atomic E-state index is 13.1. The number of hydrogen-bond donors (Lipinski definition) is 1. The molecule has 0 amide bonds. The van der Waals surface area contributed by atoms with Crippen molar-refractivity contribution in [2.24, 2.45) is 0 Å². The van der Waals surface area contributed by atoms with Crippen molar-refractivity contribution in [1.29, 1.82) is 0 Å². The second-order valence-corrected chi connectivity index (χ2v) is 10.1. The number of nitrogens with zero attached hydrogens (tertiary/aromatic N) is 5. The fourth-order valence-corrected chi connectivity index (χ4v) is 5.84. The van der Waals surface area contributed by atoms with Gasteiger partial charge in [-0.2, -0.15) is 23.1 Å². The van der Waals surface area contributed by atoms with Crippen LogP contribution in [0, 0.1) is 0 Å². The summed E-state index contributed by atoms with van der Waals surface area (Å²) in [6, 6.07) is 1.21. The number of ether oxygens (including phenoxy) is 2. The maximum atomic E-state index is 13.1. The van der Waals surface area contributed by atoms with Gasteiger partial charge < -0.3 is 19.5 Å². The van der Waals surface area contributed by atoms with E-state index in [2.05, 4.69) is 24.4 Å². The average molecular weight is 555 g/mol. The molecule has 3 aromatic rings. The zero-order valence-corrected chi connectivity index (χ0v) is 19.2. The number of halogens is 5. The molecule has 0 bridgehead atoms. The molecule has 1 N–H and O–H groups in total. The minimum Gasteiger partial charge on any atom is -0.480 e.